The summed E-state index contributed by atoms with van der Waals surface area (Å²) in [5.74, 6) is -1.03. The molecule has 1 aliphatic carbocycles. The number of benzene rings is 2. The largest absolute Gasteiger partial charge is 0.481 e. The molecule has 0 bridgehead atoms. The van der Waals surface area contributed by atoms with Crippen LogP contribution >= 0.6 is 0 Å². The van der Waals surface area contributed by atoms with Crippen molar-refractivity contribution in [1.82, 2.24) is 5.32 Å². The number of hydrogen-bond donors (Lipinski definition) is 2. The number of nitrogens with one attached hydrogen (secondary N) is 1. The number of carboxylic acids is 1. The van der Waals surface area contributed by atoms with Crippen LogP contribution in [0, 0.1) is 5.41 Å². The summed E-state index contributed by atoms with van der Waals surface area (Å²) in [5.41, 5.74) is 0.193. The second-order valence-corrected chi connectivity index (χ2v) is 6.07. The molecule has 0 radical (unpaired) electrons. The molecule has 2 N–H and O–H groups in total. The van der Waals surface area contributed by atoms with Gasteiger partial charge in [-0.05, 0) is 35.2 Å². The van der Waals surface area contributed by atoms with E-state index in [1.54, 1.807) is 0 Å². The fourth-order valence-corrected chi connectivity index (χ4v) is 2.99. The van der Waals surface area contributed by atoms with Gasteiger partial charge in [0.05, 0.1) is 5.41 Å². The van der Waals surface area contributed by atoms with Crippen molar-refractivity contribution in [3.63, 3.8) is 0 Å². The van der Waals surface area contributed by atoms with Gasteiger partial charge in [0.2, 0.25) is 5.91 Å². The fourth-order valence-electron chi connectivity index (χ4n) is 2.99. The van der Waals surface area contributed by atoms with Crippen LogP contribution in [-0.4, -0.2) is 17.0 Å². The summed E-state index contributed by atoms with van der Waals surface area (Å²) in [4.78, 5) is 23.3. The Hall–Kier alpha value is -2.36. The van der Waals surface area contributed by atoms with Gasteiger partial charge in [0.1, 0.15) is 0 Å². The zero-order valence-corrected chi connectivity index (χ0v) is 12.3. The molecule has 4 heteroatoms. The number of aliphatic carboxylic acids is 1. The summed E-state index contributed by atoms with van der Waals surface area (Å²) >= 11 is 0. The zero-order valence-electron chi connectivity index (χ0n) is 12.3. The second kappa shape index (κ2) is 5.79. The lowest BCUT2D eigenvalue weighted by Crippen LogP contribution is -2.42. The molecule has 2 aromatic carbocycles. The molecule has 1 aliphatic rings. The van der Waals surface area contributed by atoms with Crippen molar-refractivity contribution < 1.29 is 14.7 Å². The number of carbonyl (C=O) groups is 2. The lowest BCUT2D eigenvalue weighted by Gasteiger charge is -2.36. The molecule has 3 rings (SSSR count). The van der Waals surface area contributed by atoms with Crippen LogP contribution in [0.1, 0.15) is 31.2 Å². The molecule has 4 nitrogen and oxygen atoms in total. The first-order chi connectivity index (χ1) is 10.6. The van der Waals surface area contributed by atoms with Crippen LogP contribution in [0.3, 0.4) is 0 Å². The highest BCUT2D eigenvalue weighted by Crippen LogP contribution is 2.44. The van der Waals surface area contributed by atoms with E-state index in [2.05, 4.69) is 5.32 Å². The average molecular weight is 297 g/mol. The van der Waals surface area contributed by atoms with E-state index < -0.39 is 11.4 Å². The first-order valence-corrected chi connectivity index (χ1v) is 7.57. The molecular weight excluding hydrogens is 278 g/mol. The van der Waals surface area contributed by atoms with Gasteiger partial charge in [-0.1, -0.05) is 42.8 Å². The predicted molar refractivity (Wildman–Crippen MR) is 84.3 cm³/mol. The van der Waals surface area contributed by atoms with E-state index in [1.807, 2.05) is 42.5 Å². The van der Waals surface area contributed by atoms with Gasteiger partial charge >= 0.3 is 5.97 Å². The molecule has 0 aromatic heterocycles. The highest BCUT2D eigenvalue weighted by molar-refractivity contribution is 5.86. The maximum atomic E-state index is 12.0. The van der Waals surface area contributed by atoms with Crippen LogP contribution in [0.25, 0.3) is 10.8 Å². The third kappa shape index (κ3) is 2.82. The lowest BCUT2D eigenvalue weighted by molar-refractivity contribution is -0.157. The number of carbonyl (C=O) groups excluding carboxylic acids is 1. The van der Waals surface area contributed by atoms with E-state index >= 15 is 0 Å². The van der Waals surface area contributed by atoms with E-state index in [0.29, 0.717) is 19.4 Å². The number of hydrogen-bond acceptors (Lipinski definition) is 2. The Morgan fingerprint density at radius 2 is 1.82 bits per heavy atom. The van der Waals surface area contributed by atoms with Crippen LogP contribution in [0.5, 0.6) is 0 Å². The Bertz CT molecular complexity index is 719. The van der Waals surface area contributed by atoms with Gasteiger partial charge in [-0.2, -0.15) is 0 Å². The minimum absolute atomic E-state index is 0.0793. The molecule has 0 spiro atoms. The lowest BCUT2D eigenvalue weighted by atomic mass is 9.66. The van der Waals surface area contributed by atoms with Crippen molar-refractivity contribution in [3.8, 4) is 0 Å². The normalized spacial score (nSPS) is 16.0. The molecule has 0 saturated heterocycles. The molecule has 0 aliphatic heterocycles. The SMILES string of the molecule is O=C(CC1(C(=O)O)CCC1)NCc1ccc2ccccc2c1. The smallest absolute Gasteiger partial charge is 0.310 e. The van der Waals surface area contributed by atoms with Gasteiger partial charge in [0, 0.05) is 13.0 Å². The van der Waals surface area contributed by atoms with Crippen molar-refractivity contribution in [3.05, 3.63) is 48.0 Å². The summed E-state index contributed by atoms with van der Waals surface area (Å²) in [5, 5.41) is 14.4. The van der Waals surface area contributed by atoms with E-state index in [4.69, 9.17) is 0 Å². The van der Waals surface area contributed by atoms with Gasteiger partial charge in [-0.15, -0.1) is 0 Å². The van der Waals surface area contributed by atoms with Gasteiger partial charge in [0.15, 0.2) is 0 Å². The Balaban J connectivity index is 1.61. The third-order valence-electron chi connectivity index (χ3n) is 4.57. The summed E-state index contributed by atoms with van der Waals surface area (Å²) in [7, 11) is 0. The maximum absolute atomic E-state index is 12.0. The second-order valence-electron chi connectivity index (χ2n) is 6.07. The van der Waals surface area contributed by atoms with E-state index in [-0.39, 0.29) is 12.3 Å². The zero-order chi connectivity index (χ0) is 15.6. The highest BCUT2D eigenvalue weighted by Gasteiger charge is 2.45. The molecular formula is C18H19NO3. The molecule has 114 valence electrons. The van der Waals surface area contributed by atoms with Crippen LogP contribution in [-0.2, 0) is 16.1 Å². The Kier molecular flexibility index (Phi) is 3.84. The third-order valence-corrected chi connectivity index (χ3v) is 4.57. The molecule has 1 amide bonds. The van der Waals surface area contributed by atoms with Crippen LogP contribution in [0.4, 0.5) is 0 Å². The topological polar surface area (TPSA) is 66.4 Å². The molecule has 2 aromatic rings. The quantitative estimate of drug-likeness (QED) is 0.891. The van der Waals surface area contributed by atoms with Crippen molar-refractivity contribution >= 4 is 22.6 Å². The van der Waals surface area contributed by atoms with Crippen molar-refractivity contribution in [2.45, 2.75) is 32.2 Å². The standard InChI is InChI=1S/C18H19NO3/c20-16(11-18(17(21)22)8-3-9-18)19-12-13-6-7-14-4-1-2-5-15(14)10-13/h1-2,4-7,10H,3,8-9,11-12H2,(H,19,20)(H,21,22). The van der Waals surface area contributed by atoms with Crippen molar-refractivity contribution in [2.75, 3.05) is 0 Å². The Morgan fingerprint density at radius 3 is 2.45 bits per heavy atom. The molecule has 1 saturated carbocycles. The summed E-state index contributed by atoms with van der Waals surface area (Å²) in [6.45, 7) is 0.430. The van der Waals surface area contributed by atoms with E-state index in [9.17, 15) is 14.7 Å². The van der Waals surface area contributed by atoms with Crippen LogP contribution in [0.15, 0.2) is 42.5 Å². The molecule has 0 heterocycles. The summed E-state index contributed by atoms with van der Waals surface area (Å²) < 4.78 is 0. The highest BCUT2D eigenvalue weighted by atomic mass is 16.4. The van der Waals surface area contributed by atoms with Crippen LogP contribution in [0.2, 0.25) is 0 Å². The van der Waals surface area contributed by atoms with Crippen molar-refractivity contribution in [2.24, 2.45) is 5.41 Å². The van der Waals surface area contributed by atoms with Gasteiger partial charge in [-0.3, -0.25) is 9.59 Å². The fraction of sp³-hybridized carbons (Fsp3) is 0.333. The maximum Gasteiger partial charge on any atom is 0.310 e. The number of amides is 1. The molecule has 22 heavy (non-hydrogen) atoms. The van der Waals surface area contributed by atoms with Crippen LogP contribution < -0.4 is 5.32 Å². The molecule has 1 fully saturated rings. The number of fused-ring (bicyclic) bond motifs is 1. The monoisotopic (exact) mass is 297 g/mol. The molecule has 0 unspecified atom stereocenters. The minimum Gasteiger partial charge on any atom is -0.481 e. The summed E-state index contributed by atoms with van der Waals surface area (Å²) in [6.07, 6.45) is 2.18. The van der Waals surface area contributed by atoms with Gasteiger partial charge in [0.25, 0.3) is 0 Å². The minimum atomic E-state index is -0.848. The van der Waals surface area contributed by atoms with Crippen molar-refractivity contribution in [1.29, 1.82) is 0 Å². The average Bonchev–Trinajstić information content (AvgIpc) is 2.48. The summed E-state index contributed by atoms with van der Waals surface area (Å²) in [6, 6.07) is 14.1. The van der Waals surface area contributed by atoms with Gasteiger partial charge < -0.3 is 10.4 Å². The first-order valence-electron chi connectivity index (χ1n) is 7.57. The van der Waals surface area contributed by atoms with E-state index in [1.165, 1.54) is 0 Å². The number of carboxylic acid groups (broad SMARTS) is 1. The first kappa shape index (κ1) is 14.6. The molecule has 0 atom stereocenters. The van der Waals surface area contributed by atoms with E-state index in [0.717, 1.165) is 22.8 Å². The number of rotatable bonds is 5. The van der Waals surface area contributed by atoms with Gasteiger partial charge in [-0.25, -0.2) is 0 Å². The predicted octanol–water partition coefficient (Wildman–Crippen LogP) is 3.10. The Labute approximate surface area is 129 Å². The Morgan fingerprint density at radius 1 is 1.09 bits per heavy atom.